The van der Waals surface area contributed by atoms with Gasteiger partial charge in [-0.25, -0.2) is 0 Å². The fraction of sp³-hybridized carbons (Fsp3) is 0.562. The first-order valence-electron chi connectivity index (χ1n) is 7.37. The molecular formula is C16H25N3O. The van der Waals surface area contributed by atoms with Gasteiger partial charge in [-0.1, -0.05) is 24.6 Å². The van der Waals surface area contributed by atoms with Crippen molar-refractivity contribution in [3.05, 3.63) is 29.8 Å². The van der Waals surface area contributed by atoms with Crippen LogP contribution in [0.25, 0.3) is 0 Å². The molecule has 2 rings (SSSR count). The van der Waals surface area contributed by atoms with Gasteiger partial charge in [0.1, 0.15) is 0 Å². The molecule has 110 valence electrons. The molecular weight excluding hydrogens is 250 g/mol. The molecule has 2 unspecified atom stereocenters. The van der Waals surface area contributed by atoms with Crippen molar-refractivity contribution >= 4 is 11.6 Å². The summed E-state index contributed by atoms with van der Waals surface area (Å²) in [5.74, 6) is 1.23. The number of likely N-dealkylation sites (tertiary alicyclic amines) is 1. The number of aryl methyl sites for hydroxylation is 1. The van der Waals surface area contributed by atoms with Gasteiger partial charge in [-0.15, -0.1) is 0 Å². The Morgan fingerprint density at radius 1 is 1.40 bits per heavy atom. The molecule has 2 atom stereocenters. The molecule has 1 aliphatic rings. The van der Waals surface area contributed by atoms with Crippen molar-refractivity contribution in [3.8, 4) is 0 Å². The number of anilines is 1. The van der Waals surface area contributed by atoms with Crippen LogP contribution in [0.1, 0.15) is 18.9 Å². The van der Waals surface area contributed by atoms with Crippen molar-refractivity contribution in [2.45, 2.75) is 20.3 Å². The minimum Gasteiger partial charge on any atom is -0.330 e. The maximum Gasteiger partial charge on any atom is 0.238 e. The summed E-state index contributed by atoms with van der Waals surface area (Å²) in [5.41, 5.74) is 7.85. The number of piperidine rings is 1. The van der Waals surface area contributed by atoms with Gasteiger partial charge in [-0.2, -0.15) is 0 Å². The second kappa shape index (κ2) is 6.86. The first-order valence-corrected chi connectivity index (χ1v) is 7.37. The van der Waals surface area contributed by atoms with Crippen LogP contribution in [0.2, 0.25) is 0 Å². The molecule has 0 saturated carbocycles. The van der Waals surface area contributed by atoms with Crippen LogP contribution < -0.4 is 11.1 Å². The molecule has 1 heterocycles. The Bertz CT molecular complexity index is 444. The molecule has 4 heteroatoms. The van der Waals surface area contributed by atoms with E-state index in [0.29, 0.717) is 24.9 Å². The van der Waals surface area contributed by atoms with E-state index in [1.807, 2.05) is 31.2 Å². The molecule has 0 aliphatic carbocycles. The number of rotatable bonds is 4. The third kappa shape index (κ3) is 4.05. The van der Waals surface area contributed by atoms with Crippen molar-refractivity contribution in [2.75, 3.05) is 31.5 Å². The van der Waals surface area contributed by atoms with Crippen molar-refractivity contribution in [3.63, 3.8) is 0 Å². The lowest BCUT2D eigenvalue weighted by Gasteiger charge is -2.36. The number of hydrogen-bond acceptors (Lipinski definition) is 3. The van der Waals surface area contributed by atoms with Crippen LogP contribution in [0.3, 0.4) is 0 Å². The monoisotopic (exact) mass is 275 g/mol. The zero-order valence-electron chi connectivity index (χ0n) is 12.4. The van der Waals surface area contributed by atoms with Crippen LogP contribution in [0.5, 0.6) is 0 Å². The second-order valence-electron chi connectivity index (χ2n) is 5.91. The topological polar surface area (TPSA) is 58.4 Å². The van der Waals surface area contributed by atoms with Crippen LogP contribution in [-0.4, -0.2) is 37.0 Å². The highest BCUT2D eigenvalue weighted by molar-refractivity contribution is 5.92. The lowest BCUT2D eigenvalue weighted by atomic mass is 9.87. The van der Waals surface area contributed by atoms with Gasteiger partial charge in [0.25, 0.3) is 0 Å². The molecule has 4 nitrogen and oxygen atoms in total. The van der Waals surface area contributed by atoms with Crippen LogP contribution >= 0.6 is 0 Å². The largest absolute Gasteiger partial charge is 0.330 e. The summed E-state index contributed by atoms with van der Waals surface area (Å²) in [6, 6.07) is 7.88. The van der Waals surface area contributed by atoms with Gasteiger partial charge in [-0.3, -0.25) is 9.69 Å². The van der Waals surface area contributed by atoms with Crippen molar-refractivity contribution in [2.24, 2.45) is 17.6 Å². The van der Waals surface area contributed by atoms with E-state index in [9.17, 15) is 4.79 Å². The summed E-state index contributed by atoms with van der Waals surface area (Å²) in [6.45, 7) is 7.36. The van der Waals surface area contributed by atoms with E-state index in [0.717, 1.165) is 25.2 Å². The van der Waals surface area contributed by atoms with E-state index in [1.165, 1.54) is 5.56 Å². The zero-order valence-corrected chi connectivity index (χ0v) is 12.4. The Morgan fingerprint density at radius 2 is 2.10 bits per heavy atom. The standard InChI is InChI=1S/C16H25N3O/c1-12-3-5-15(6-4-12)18-16(20)11-19-8-7-13(2)14(9-17)10-19/h3-6,13-14H,7-11,17H2,1-2H3,(H,18,20). The average Bonchev–Trinajstić information content (AvgIpc) is 2.43. The fourth-order valence-electron chi connectivity index (χ4n) is 2.72. The van der Waals surface area contributed by atoms with Gasteiger partial charge < -0.3 is 11.1 Å². The van der Waals surface area contributed by atoms with E-state index in [4.69, 9.17) is 5.73 Å². The maximum absolute atomic E-state index is 12.1. The molecule has 0 aromatic heterocycles. The molecule has 1 saturated heterocycles. The minimum absolute atomic E-state index is 0.0548. The van der Waals surface area contributed by atoms with Crippen LogP contribution in [0, 0.1) is 18.8 Å². The number of hydrogen-bond donors (Lipinski definition) is 2. The van der Waals surface area contributed by atoms with Gasteiger partial charge in [0.2, 0.25) is 5.91 Å². The number of benzene rings is 1. The Morgan fingerprint density at radius 3 is 2.75 bits per heavy atom. The van der Waals surface area contributed by atoms with Gasteiger partial charge >= 0.3 is 0 Å². The third-order valence-corrected chi connectivity index (χ3v) is 4.20. The summed E-state index contributed by atoms with van der Waals surface area (Å²) in [5, 5.41) is 2.95. The number of nitrogens with zero attached hydrogens (tertiary/aromatic N) is 1. The lowest BCUT2D eigenvalue weighted by molar-refractivity contribution is -0.117. The highest BCUT2D eigenvalue weighted by Gasteiger charge is 2.26. The van der Waals surface area contributed by atoms with E-state index < -0.39 is 0 Å². The fourth-order valence-corrected chi connectivity index (χ4v) is 2.72. The molecule has 0 radical (unpaired) electrons. The van der Waals surface area contributed by atoms with Gasteiger partial charge in [0, 0.05) is 12.2 Å². The molecule has 1 aromatic carbocycles. The van der Waals surface area contributed by atoms with Gasteiger partial charge in [-0.05, 0) is 50.4 Å². The summed E-state index contributed by atoms with van der Waals surface area (Å²) in [6.07, 6.45) is 1.12. The number of amides is 1. The summed E-state index contributed by atoms with van der Waals surface area (Å²) < 4.78 is 0. The zero-order chi connectivity index (χ0) is 14.5. The number of carbonyl (C=O) groups is 1. The van der Waals surface area contributed by atoms with Crippen LogP contribution in [0.4, 0.5) is 5.69 Å². The van der Waals surface area contributed by atoms with Crippen LogP contribution in [-0.2, 0) is 4.79 Å². The maximum atomic E-state index is 12.1. The predicted molar refractivity (Wildman–Crippen MR) is 82.6 cm³/mol. The highest BCUT2D eigenvalue weighted by atomic mass is 16.2. The van der Waals surface area contributed by atoms with Gasteiger partial charge in [0.15, 0.2) is 0 Å². The molecule has 1 aliphatic heterocycles. The van der Waals surface area contributed by atoms with E-state index >= 15 is 0 Å². The summed E-state index contributed by atoms with van der Waals surface area (Å²) in [7, 11) is 0. The first kappa shape index (κ1) is 15.0. The second-order valence-corrected chi connectivity index (χ2v) is 5.91. The minimum atomic E-state index is 0.0548. The summed E-state index contributed by atoms with van der Waals surface area (Å²) in [4.78, 5) is 14.3. The quantitative estimate of drug-likeness (QED) is 0.881. The average molecular weight is 275 g/mol. The molecule has 3 N–H and O–H groups in total. The van der Waals surface area contributed by atoms with E-state index in [1.54, 1.807) is 0 Å². The summed E-state index contributed by atoms with van der Waals surface area (Å²) >= 11 is 0. The SMILES string of the molecule is Cc1ccc(NC(=O)CN2CCC(C)C(CN)C2)cc1. The molecule has 1 aromatic rings. The van der Waals surface area contributed by atoms with Crippen molar-refractivity contribution < 1.29 is 4.79 Å². The Kier molecular flexibility index (Phi) is 5.15. The molecule has 20 heavy (non-hydrogen) atoms. The van der Waals surface area contributed by atoms with E-state index in [2.05, 4.69) is 17.1 Å². The third-order valence-electron chi connectivity index (χ3n) is 4.20. The van der Waals surface area contributed by atoms with E-state index in [-0.39, 0.29) is 5.91 Å². The Hall–Kier alpha value is -1.39. The highest BCUT2D eigenvalue weighted by Crippen LogP contribution is 2.22. The molecule has 1 fully saturated rings. The van der Waals surface area contributed by atoms with Crippen LogP contribution in [0.15, 0.2) is 24.3 Å². The van der Waals surface area contributed by atoms with Gasteiger partial charge in [0.05, 0.1) is 6.54 Å². The number of carbonyl (C=O) groups excluding carboxylic acids is 1. The predicted octanol–water partition coefficient (Wildman–Crippen LogP) is 1.85. The van der Waals surface area contributed by atoms with Crippen molar-refractivity contribution in [1.82, 2.24) is 4.90 Å². The first-order chi connectivity index (χ1) is 9.58. The molecule has 0 bridgehead atoms. The normalized spacial score (nSPS) is 23.6. The molecule has 0 spiro atoms. The smallest absolute Gasteiger partial charge is 0.238 e. The Labute approximate surface area is 121 Å². The lowest BCUT2D eigenvalue weighted by Crippen LogP contribution is -2.45. The molecule has 1 amide bonds. The van der Waals surface area contributed by atoms with Crippen molar-refractivity contribution in [1.29, 1.82) is 0 Å². The Balaban J connectivity index is 1.84. The number of nitrogens with two attached hydrogens (primary N) is 1. The number of nitrogens with one attached hydrogen (secondary N) is 1.